The molecule has 13 heteroatoms. The number of halogens is 3. The van der Waals surface area contributed by atoms with Crippen LogP contribution >= 0.6 is 11.3 Å². The van der Waals surface area contributed by atoms with Gasteiger partial charge in [0.1, 0.15) is 12.9 Å². The maximum absolute atomic E-state index is 12.9. The van der Waals surface area contributed by atoms with Crippen LogP contribution in [0.3, 0.4) is 0 Å². The molecule has 1 aromatic carbocycles. The zero-order valence-electron chi connectivity index (χ0n) is 21.2. The zero-order valence-corrected chi connectivity index (χ0v) is 22.1. The molecule has 9 nitrogen and oxygen atoms in total. The molecule has 0 bridgehead atoms. The van der Waals surface area contributed by atoms with E-state index in [0.29, 0.717) is 37.0 Å². The molecule has 3 aromatic heterocycles. The Kier molecular flexibility index (Phi) is 6.67. The summed E-state index contributed by atoms with van der Waals surface area (Å²) < 4.78 is 40.8. The number of aromatic nitrogens is 4. The number of hydrogen-bond acceptors (Lipinski definition) is 8. The highest BCUT2D eigenvalue weighted by molar-refractivity contribution is 7.19. The minimum Gasteiger partial charge on any atom is -0.366 e. The van der Waals surface area contributed by atoms with E-state index in [9.17, 15) is 28.0 Å². The quantitative estimate of drug-likeness (QED) is 0.394. The predicted molar refractivity (Wildman–Crippen MR) is 145 cm³/mol. The molecule has 4 aromatic rings. The number of fused-ring (bicyclic) bond motifs is 2. The molecule has 0 saturated carbocycles. The van der Waals surface area contributed by atoms with E-state index in [4.69, 9.17) is 0 Å². The van der Waals surface area contributed by atoms with Crippen molar-refractivity contribution in [3.63, 3.8) is 0 Å². The number of hydrogen-bond donors (Lipinski definition) is 1. The first-order valence-electron chi connectivity index (χ1n) is 12.9. The highest BCUT2D eigenvalue weighted by atomic mass is 32.1. The van der Waals surface area contributed by atoms with Crippen molar-refractivity contribution in [2.24, 2.45) is 0 Å². The van der Waals surface area contributed by atoms with E-state index in [0.717, 1.165) is 72.5 Å². The van der Waals surface area contributed by atoms with Gasteiger partial charge in [-0.15, -0.1) is 11.3 Å². The summed E-state index contributed by atoms with van der Waals surface area (Å²) in [6, 6.07) is 9.06. The third-order valence-corrected chi connectivity index (χ3v) is 8.46. The van der Waals surface area contributed by atoms with Gasteiger partial charge in [-0.2, -0.15) is 18.4 Å². The van der Waals surface area contributed by atoms with Crippen molar-refractivity contribution in [2.45, 2.75) is 44.6 Å². The Labute approximate surface area is 230 Å². The van der Waals surface area contributed by atoms with Gasteiger partial charge in [0.2, 0.25) is 0 Å². The molecule has 40 heavy (non-hydrogen) atoms. The number of rotatable bonds is 5. The maximum atomic E-state index is 12.9. The van der Waals surface area contributed by atoms with Crippen molar-refractivity contribution in [1.82, 2.24) is 24.4 Å². The molecule has 6 rings (SSSR count). The molecule has 206 valence electrons. The van der Waals surface area contributed by atoms with E-state index in [2.05, 4.69) is 26.3 Å². The van der Waals surface area contributed by atoms with E-state index < -0.39 is 24.0 Å². The monoisotopic (exact) mass is 567 g/mol. The average molecular weight is 568 g/mol. The molecule has 2 aliphatic rings. The van der Waals surface area contributed by atoms with Gasteiger partial charge in [0.15, 0.2) is 0 Å². The van der Waals surface area contributed by atoms with Crippen LogP contribution in [0.2, 0.25) is 0 Å². The van der Waals surface area contributed by atoms with E-state index in [1.807, 2.05) is 12.1 Å². The van der Waals surface area contributed by atoms with Crippen molar-refractivity contribution in [3.8, 4) is 17.3 Å². The van der Waals surface area contributed by atoms with Crippen LogP contribution in [0.5, 0.6) is 0 Å². The van der Waals surface area contributed by atoms with Crippen LogP contribution in [0, 0.1) is 11.3 Å². The van der Waals surface area contributed by atoms with E-state index in [1.165, 1.54) is 17.7 Å². The summed E-state index contributed by atoms with van der Waals surface area (Å²) in [5, 5.41) is 13.2. The van der Waals surface area contributed by atoms with Crippen molar-refractivity contribution in [2.75, 3.05) is 24.5 Å². The number of benzene rings is 1. The first kappa shape index (κ1) is 26.2. The Bertz CT molecular complexity index is 1760. The lowest BCUT2D eigenvalue weighted by molar-refractivity contribution is -0.141. The second-order valence-electron chi connectivity index (χ2n) is 10.0. The Hall–Kier alpha value is -4.02. The standard InChI is InChI=1S/C27H24F3N7O2S/c28-27(29,30)14-35-7-4-22(38)37(26(35)39)13-19-10-21-25(40-19)23(34-15-33-21)20-9-16(11-31)8-17-2-1-6-36(24(17)20)18-3-5-32-12-18/h4,7-10,15,18,32H,1-3,5-6,12-14H2. The Morgan fingerprint density at radius 3 is 2.80 bits per heavy atom. The molecule has 2 aliphatic heterocycles. The first-order chi connectivity index (χ1) is 19.2. The lowest BCUT2D eigenvalue weighted by atomic mass is 9.92. The molecule has 0 amide bonds. The van der Waals surface area contributed by atoms with Gasteiger partial charge in [0, 0.05) is 47.5 Å². The van der Waals surface area contributed by atoms with Gasteiger partial charge in [-0.05, 0) is 49.6 Å². The second-order valence-corrected chi connectivity index (χ2v) is 11.1. The highest BCUT2D eigenvalue weighted by Gasteiger charge is 2.31. The van der Waals surface area contributed by atoms with Crippen LogP contribution in [-0.4, -0.2) is 51.0 Å². The number of alkyl halides is 3. The van der Waals surface area contributed by atoms with Crippen molar-refractivity contribution in [3.05, 3.63) is 73.6 Å². The van der Waals surface area contributed by atoms with E-state index in [-0.39, 0.29) is 6.54 Å². The van der Waals surface area contributed by atoms with Gasteiger partial charge in [0.25, 0.3) is 5.56 Å². The van der Waals surface area contributed by atoms with E-state index in [1.54, 1.807) is 6.07 Å². The van der Waals surface area contributed by atoms with Gasteiger partial charge < -0.3 is 10.2 Å². The van der Waals surface area contributed by atoms with Crippen molar-refractivity contribution in [1.29, 1.82) is 5.26 Å². The SMILES string of the molecule is N#Cc1cc2c(c(-c3ncnc4cc(Cn5c(=O)ccn(CC(F)(F)F)c5=O)sc34)c1)N(C1CCNC1)CCC2. The van der Waals surface area contributed by atoms with Gasteiger partial charge in [-0.25, -0.2) is 14.8 Å². The molecule has 1 N–H and O–H groups in total. The van der Waals surface area contributed by atoms with Crippen LogP contribution in [0.25, 0.3) is 21.5 Å². The fourth-order valence-electron chi connectivity index (χ4n) is 5.64. The van der Waals surface area contributed by atoms with Crippen LogP contribution < -0.4 is 21.5 Å². The lowest BCUT2D eigenvalue weighted by Gasteiger charge is -2.37. The van der Waals surface area contributed by atoms with E-state index >= 15 is 0 Å². The summed E-state index contributed by atoms with van der Waals surface area (Å²) in [6.07, 6.45) is 0.541. The number of nitrogens with zero attached hydrogens (tertiary/aromatic N) is 6. The number of thiophene rings is 1. The third kappa shape index (κ3) is 4.89. The van der Waals surface area contributed by atoms with Crippen LogP contribution in [-0.2, 0) is 19.5 Å². The van der Waals surface area contributed by atoms with Gasteiger partial charge in [-0.3, -0.25) is 13.9 Å². The third-order valence-electron chi connectivity index (χ3n) is 7.35. The Morgan fingerprint density at radius 2 is 2.05 bits per heavy atom. The highest BCUT2D eigenvalue weighted by Crippen LogP contribution is 2.43. The molecular weight excluding hydrogens is 543 g/mol. The Morgan fingerprint density at radius 1 is 1.20 bits per heavy atom. The van der Waals surface area contributed by atoms with Crippen LogP contribution in [0.15, 0.2) is 46.4 Å². The molecule has 5 heterocycles. The summed E-state index contributed by atoms with van der Waals surface area (Å²) in [6.45, 7) is 1.02. The largest absolute Gasteiger partial charge is 0.406 e. The maximum Gasteiger partial charge on any atom is 0.406 e. The smallest absolute Gasteiger partial charge is 0.366 e. The minimum atomic E-state index is -4.60. The van der Waals surface area contributed by atoms with Crippen LogP contribution in [0.4, 0.5) is 18.9 Å². The molecule has 0 aliphatic carbocycles. The summed E-state index contributed by atoms with van der Waals surface area (Å²) in [5.41, 5.74) is 3.01. The van der Waals surface area contributed by atoms with Crippen LogP contribution in [0.1, 0.15) is 28.8 Å². The first-order valence-corrected chi connectivity index (χ1v) is 13.7. The zero-order chi connectivity index (χ0) is 28.0. The molecule has 0 spiro atoms. The number of nitrogens with one attached hydrogen (secondary N) is 1. The normalized spacial score (nSPS) is 17.2. The molecule has 1 saturated heterocycles. The summed E-state index contributed by atoms with van der Waals surface area (Å²) in [4.78, 5) is 37.2. The molecule has 1 fully saturated rings. The molecule has 0 radical (unpaired) electrons. The van der Waals surface area contributed by atoms with Gasteiger partial charge >= 0.3 is 11.9 Å². The summed E-state index contributed by atoms with van der Waals surface area (Å²) in [7, 11) is 0. The number of aryl methyl sites for hydroxylation is 1. The fourth-order valence-corrected chi connectivity index (χ4v) is 6.74. The molecular formula is C27H24F3N7O2S. The number of anilines is 1. The second kappa shape index (κ2) is 10.2. The van der Waals surface area contributed by atoms with Crippen molar-refractivity contribution >= 4 is 27.2 Å². The summed E-state index contributed by atoms with van der Waals surface area (Å²) in [5.74, 6) is 0. The van der Waals surface area contributed by atoms with Gasteiger partial charge in [0.05, 0.1) is 34.1 Å². The summed E-state index contributed by atoms with van der Waals surface area (Å²) >= 11 is 1.28. The molecule has 1 unspecified atom stereocenters. The average Bonchev–Trinajstić information content (AvgIpc) is 3.61. The fraction of sp³-hybridized carbons (Fsp3) is 0.370. The Balaban J connectivity index is 1.45. The predicted octanol–water partition coefficient (Wildman–Crippen LogP) is 3.28. The topological polar surface area (TPSA) is 109 Å². The minimum absolute atomic E-state index is 0.201. The van der Waals surface area contributed by atoms with Gasteiger partial charge in [-0.1, -0.05) is 0 Å². The molecule has 1 atom stereocenters. The number of nitriles is 1. The lowest BCUT2D eigenvalue weighted by Crippen LogP contribution is -2.41. The van der Waals surface area contributed by atoms with Crippen molar-refractivity contribution < 1.29 is 13.2 Å².